The second-order valence-corrected chi connectivity index (χ2v) is 11.5. The Morgan fingerprint density at radius 3 is 2.40 bits per heavy atom. The number of hydrogen-bond donors (Lipinski definition) is 0. The van der Waals surface area contributed by atoms with E-state index in [1.165, 1.54) is 12.1 Å². The van der Waals surface area contributed by atoms with Gasteiger partial charge in [-0.05, 0) is 54.9 Å². The van der Waals surface area contributed by atoms with Gasteiger partial charge in [0.25, 0.3) is 5.91 Å². The predicted molar refractivity (Wildman–Crippen MR) is 138 cm³/mol. The number of ether oxygens (including phenoxy) is 1. The standard InChI is InChI=1S/C26H29Cl2FN2O3S/c1-4-21(15-30(3)35-5-2)31-24(16-6-8-18(27)9-7-16)22(17-10-19(28)12-20(29)11-17)13-26(25(31)33)14-23(32)34-26/h6-12,21-22,24H,4-5,13-15H2,1-3H3. The summed E-state index contributed by atoms with van der Waals surface area (Å²) in [6, 6.07) is 11.3. The molecule has 1 spiro atoms. The van der Waals surface area contributed by atoms with Crippen molar-refractivity contribution in [1.29, 1.82) is 0 Å². The molecule has 2 fully saturated rings. The maximum absolute atomic E-state index is 14.5. The number of likely N-dealkylation sites (N-methyl/N-ethyl adjacent to an activating group) is 1. The number of halogens is 3. The molecule has 0 N–H and O–H groups in total. The Morgan fingerprint density at radius 2 is 1.83 bits per heavy atom. The maximum Gasteiger partial charge on any atom is 0.311 e. The van der Waals surface area contributed by atoms with Crippen molar-refractivity contribution >= 4 is 47.0 Å². The molecule has 0 bridgehead atoms. The van der Waals surface area contributed by atoms with E-state index in [2.05, 4.69) is 11.2 Å². The highest BCUT2D eigenvalue weighted by Crippen LogP contribution is 2.52. The number of hydrogen-bond acceptors (Lipinski definition) is 5. The van der Waals surface area contributed by atoms with E-state index in [9.17, 15) is 14.0 Å². The van der Waals surface area contributed by atoms with Crippen molar-refractivity contribution in [3.8, 4) is 0 Å². The third-order valence-corrected chi connectivity index (χ3v) is 8.12. The van der Waals surface area contributed by atoms with Crippen LogP contribution in [0.5, 0.6) is 0 Å². The van der Waals surface area contributed by atoms with Gasteiger partial charge >= 0.3 is 5.97 Å². The van der Waals surface area contributed by atoms with Gasteiger partial charge in [0, 0.05) is 40.7 Å². The van der Waals surface area contributed by atoms with Crippen LogP contribution in [0.15, 0.2) is 42.5 Å². The Labute approximate surface area is 220 Å². The lowest BCUT2D eigenvalue weighted by Crippen LogP contribution is -2.66. The molecule has 4 atom stereocenters. The van der Waals surface area contributed by atoms with Gasteiger partial charge in [-0.1, -0.05) is 61.1 Å². The van der Waals surface area contributed by atoms with Crippen LogP contribution in [0.2, 0.25) is 10.0 Å². The van der Waals surface area contributed by atoms with Gasteiger partial charge in [0.1, 0.15) is 5.82 Å². The van der Waals surface area contributed by atoms with Crippen molar-refractivity contribution in [1.82, 2.24) is 9.21 Å². The number of carbonyl (C=O) groups is 2. The number of nitrogens with zero attached hydrogens (tertiary/aromatic N) is 2. The van der Waals surface area contributed by atoms with Crippen molar-refractivity contribution in [2.45, 2.75) is 56.7 Å². The van der Waals surface area contributed by atoms with E-state index in [0.717, 1.165) is 11.3 Å². The number of benzene rings is 2. The van der Waals surface area contributed by atoms with Gasteiger partial charge in [-0.25, -0.2) is 4.39 Å². The van der Waals surface area contributed by atoms with Gasteiger partial charge in [0.05, 0.1) is 12.5 Å². The summed E-state index contributed by atoms with van der Waals surface area (Å²) < 4.78 is 22.2. The van der Waals surface area contributed by atoms with Crippen LogP contribution in [0.1, 0.15) is 56.2 Å². The van der Waals surface area contributed by atoms with E-state index < -0.39 is 23.4 Å². The fraction of sp³-hybridized carbons (Fsp3) is 0.462. The van der Waals surface area contributed by atoms with E-state index in [-0.39, 0.29) is 35.7 Å². The first-order valence-corrected chi connectivity index (χ1v) is 13.5. The second kappa shape index (κ2) is 10.7. The van der Waals surface area contributed by atoms with Gasteiger partial charge in [-0.15, -0.1) is 0 Å². The van der Waals surface area contributed by atoms with Crippen molar-refractivity contribution < 1.29 is 18.7 Å². The summed E-state index contributed by atoms with van der Waals surface area (Å²) in [4.78, 5) is 27.9. The molecule has 4 rings (SSSR count). The average Bonchev–Trinajstić information content (AvgIpc) is 2.78. The molecule has 2 aromatic rings. The van der Waals surface area contributed by atoms with Crippen LogP contribution in [-0.4, -0.2) is 52.1 Å². The first-order chi connectivity index (χ1) is 16.7. The fourth-order valence-corrected chi connectivity index (χ4v) is 6.38. The second-order valence-electron chi connectivity index (χ2n) is 9.16. The third-order valence-electron chi connectivity index (χ3n) is 6.80. The zero-order chi connectivity index (χ0) is 25.3. The topological polar surface area (TPSA) is 49.9 Å². The lowest BCUT2D eigenvalue weighted by atomic mass is 9.70. The molecule has 2 aliphatic rings. The van der Waals surface area contributed by atoms with E-state index in [1.54, 1.807) is 30.1 Å². The Bertz CT molecular complexity index is 1070. The van der Waals surface area contributed by atoms with Crippen molar-refractivity contribution in [2.24, 2.45) is 0 Å². The fourth-order valence-electron chi connectivity index (χ4n) is 5.30. The van der Waals surface area contributed by atoms with Crippen LogP contribution in [-0.2, 0) is 14.3 Å². The molecule has 0 saturated carbocycles. The Hall–Kier alpha value is -1.80. The minimum atomic E-state index is -1.24. The summed E-state index contributed by atoms with van der Waals surface area (Å²) in [6.07, 6.45) is 0.980. The van der Waals surface area contributed by atoms with E-state index in [0.29, 0.717) is 23.6 Å². The first-order valence-electron chi connectivity index (χ1n) is 11.8. The SMILES string of the molecule is CCSN(C)CC(CC)N1C(=O)C2(CC(=O)O2)CC(c2cc(F)cc(Cl)c2)C1c1ccc(Cl)cc1. The molecular formula is C26H29Cl2FN2O3S. The minimum absolute atomic E-state index is 0.0191. The van der Waals surface area contributed by atoms with Crippen molar-refractivity contribution in [3.05, 3.63) is 69.5 Å². The average molecular weight is 540 g/mol. The minimum Gasteiger partial charge on any atom is -0.448 e. The summed E-state index contributed by atoms with van der Waals surface area (Å²) in [5.41, 5.74) is 0.312. The lowest BCUT2D eigenvalue weighted by molar-refractivity contribution is -0.212. The largest absolute Gasteiger partial charge is 0.448 e. The van der Waals surface area contributed by atoms with Crippen LogP contribution in [0.3, 0.4) is 0 Å². The molecule has 2 heterocycles. The van der Waals surface area contributed by atoms with E-state index in [1.807, 2.05) is 31.0 Å². The van der Waals surface area contributed by atoms with Gasteiger partial charge in [-0.2, -0.15) is 0 Å². The lowest BCUT2D eigenvalue weighted by Gasteiger charge is -2.55. The number of carbonyl (C=O) groups excluding carboxylic acids is 2. The quantitative estimate of drug-likeness (QED) is 0.293. The van der Waals surface area contributed by atoms with E-state index in [4.69, 9.17) is 27.9 Å². The van der Waals surface area contributed by atoms with Gasteiger partial charge in [-0.3, -0.25) is 13.9 Å². The van der Waals surface area contributed by atoms with Gasteiger partial charge in [0.15, 0.2) is 0 Å². The summed E-state index contributed by atoms with van der Waals surface area (Å²) in [7, 11) is 2.01. The normalized spacial score (nSPS) is 25.1. The van der Waals surface area contributed by atoms with E-state index >= 15 is 0 Å². The molecule has 0 aliphatic carbocycles. The number of likely N-dealkylation sites (tertiary alicyclic amines) is 1. The number of esters is 1. The molecule has 2 aliphatic heterocycles. The van der Waals surface area contributed by atoms with Crippen LogP contribution < -0.4 is 0 Å². The summed E-state index contributed by atoms with van der Waals surface area (Å²) >= 11 is 14.1. The molecule has 2 saturated heterocycles. The zero-order valence-corrected chi connectivity index (χ0v) is 22.3. The predicted octanol–water partition coefficient (Wildman–Crippen LogP) is 6.25. The molecule has 35 heavy (non-hydrogen) atoms. The number of rotatable bonds is 8. The first kappa shape index (κ1) is 26.3. The highest BCUT2D eigenvalue weighted by atomic mass is 35.5. The third kappa shape index (κ3) is 5.33. The van der Waals surface area contributed by atoms with Gasteiger partial charge < -0.3 is 9.64 Å². The van der Waals surface area contributed by atoms with Crippen LogP contribution >= 0.6 is 35.1 Å². The number of piperidine rings is 1. The van der Waals surface area contributed by atoms with Crippen molar-refractivity contribution in [3.63, 3.8) is 0 Å². The highest BCUT2D eigenvalue weighted by molar-refractivity contribution is 7.96. The molecule has 0 radical (unpaired) electrons. The number of amides is 1. The molecule has 2 aromatic carbocycles. The molecular weight excluding hydrogens is 510 g/mol. The summed E-state index contributed by atoms with van der Waals surface area (Å²) in [5, 5.41) is 0.868. The monoisotopic (exact) mass is 538 g/mol. The molecule has 188 valence electrons. The highest BCUT2D eigenvalue weighted by Gasteiger charge is 2.61. The molecule has 9 heteroatoms. The molecule has 1 amide bonds. The van der Waals surface area contributed by atoms with Crippen molar-refractivity contribution in [2.75, 3.05) is 19.3 Å². The van der Waals surface area contributed by atoms with Crippen LogP contribution in [0.4, 0.5) is 4.39 Å². The smallest absolute Gasteiger partial charge is 0.311 e. The van der Waals surface area contributed by atoms with Crippen LogP contribution in [0.25, 0.3) is 0 Å². The maximum atomic E-state index is 14.5. The Kier molecular flexibility index (Phi) is 8.01. The van der Waals surface area contributed by atoms with Gasteiger partial charge in [0.2, 0.25) is 5.60 Å². The Morgan fingerprint density at radius 1 is 1.14 bits per heavy atom. The zero-order valence-electron chi connectivity index (χ0n) is 20.0. The Balaban J connectivity index is 1.86. The summed E-state index contributed by atoms with van der Waals surface area (Å²) in [5.74, 6) is -0.471. The summed E-state index contributed by atoms with van der Waals surface area (Å²) in [6.45, 7) is 4.76. The molecule has 5 nitrogen and oxygen atoms in total. The van der Waals surface area contributed by atoms with Crippen LogP contribution in [0, 0.1) is 5.82 Å². The molecule has 4 unspecified atom stereocenters. The molecule has 0 aromatic heterocycles.